The summed E-state index contributed by atoms with van der Waals surface area (Å²) in [5.74, 6) is -0.497. The van der Waals surface area contributed by atoms with Gasteiger partial charge in [-0.05, 0) is 23.3 Å². The van der Waals surface area contributed by atoms with Gasteiger partial charge in [-0.1, -0.05) is 42.5 Å². The van der Waals surface area contributed by atoms with E-state index in [2.05, 4.69) is 10.4 Å². The number of nitrogens with zero attached hydrogens (tertiary/aromatic N) is 2. The van der Waals surface area contributed by atoms with Crippen LogP contribution in [-0.2, 0) is 23.9 Å². The second kappa shape index (κ2) is 7.63. The van der Waals surface area contributed by atoms with Gasteiger partial charge < -0.3 is 11.1 Å². The number of alkyl halides is 3. The minimum atomic E-state index is -4.63. The molecule has 2 aromatic carbocycles. The van der Waals surface area contributed by atoms with Crippen molar-refractivity contribution in [3.05, 3.63) is 77.5 Å². The molecule has 3 aromatic rings. The van der Waals surface area contributed by atoms with E-state index < -0.39 is 17.8 Å². The third-order valence-corrected chi connectivity index (χ3v) is 3.87. The molecule has 0 saturated carbocycles. The van der Waals surface area contributed by atoms with Crippen molar-refractivity contribution in [3.63, 3.8) is 0 Å². The summed E-state index contributed by atoms with van der Waals surface area (Å²) in [6.07, 6.45) is -4.59. The number of carbonyl (C=O) groups excluding carboxylic acids is 1. The van der Waals surface area contributed by atoms with E-state index in [1.165, 1.54) is 0 Å². The third kappa shape index (κ3) is 4.53. The topological polar surface area (TPSA) is 72.9 Å². The fraction of sp³-hybridized carbons (Fsp3) is 0.158. The Morgan fingerprint density at radius 2 is 1.74 bits per heavy atom. The second-order valence-corrected chi connectivity index (χ2v) is 5.91. The van der Waals surface area contributed by atoms with Crippen molar-refractivity contribution in [1.29, 1.82) is 0 Å². The van der Waals surface area contributed by atoms with Gasteiger partial charge in [0.15, 0.2) is 5.69 Å². The molecule has 0 spiro atoms. The summed E-state index contributed by atoms with van der Waals surface area (Å²) < 4.78 is 40.4. The van der Waals surface area contributed by atoms with E-state index >= 15 is 0 Å². The predicted octanol–water partition coefficient (Wildman–Crippen LogP) is 3.53. The molecule has 8 heteroatoms. The maximum Gasteiger partial charge on any atom is 0.435 e. The van der Waals surface area contributed by atoms with Crippen molar-refractivity contribution in [2.45, 2.75) is 19.1 Å². The van der Waals surface area contributed by atoms with Crippen molar-refractivity contribution >= 4 is 11.7 Å². The van der Waals surface area contributed by atoms with E-state index in [9.17, 15) is 18.0 Å². The Bertz CT molecular complexity index is 936. The molecule has 0 bridgehead atoms. The van der Waals surface area contributed by atoms with E-state index in [1.54, 1.807) is 48.5 Å². The predicted molar refractivity (Wildman–Crippen MR) is 95.2 cm³/mol. The first-order valence-corrected chi connectivity index (χ1v) is 8.17. The average Bonchev–Trinajstić information content (AvgIpc) is 3.06. The van der Waals surface area contributed by atoms with Crippen LogP contribution < -0.4 is 11.1 Å². The first kappa shape index (κ1) is 18.7. The zero-order valence-corrected chi connectivity index (χ0v) is 14.2. The van der Waals surface area contributed by atoms with Gasteiger partial charge in [0.2, 0.25) is 5.91 Å². The largest absolute Gasteiger partial charge is 0.435 e. The lowest BCUT2D eigenvalue weighted by Gasteiger charge is -2.10. The van der Waals surface area contributed by atoms with Gasteiger partial charge in [0, 0.05) is 12.6 Å². The minimum Gasteiger partial charge on any atom is -0.326 e. The van der Waals surface area contributed by atoms with Gasteiger partial charge in [-0.25, -0.2) is 4.68 Å². The van der Waals surface area contributed by atoms with Crippen LogP contribution in [0.5, 0.6) is 0 Å². The molecule has 0 fully saturated rings. The van der Waals surface area contributed by atoms with E-state index in [0.717, 1.165) is 21.9 Å². The molecule has 0 aliphatic heterocycles. The molecule has 27 heavy (non-hydrogen) atoms. The SMILES string of the molecule is NCc1cccc(-n2nc(C(F)(F)F)cc2NC(=O)Cc2ccccc2)c1. The number of amides is 1. The Labute approximate surface area is 153 Å². The van der Waals surface area contributed by atoms with Gasteiger partial charge in [0.1, 0.15) is 5.82 Å². The molecule has 0 atom stereocenters. The molecule has 3 rings (SSSR count). The third-order valence-electron chi connectivity index (χ3n) is 3.87. The van der Waals surface area contributed by atoms with Crippen LogP contribution in [-0.4, -0.2) is 15.7 Å². The summed E-state index contributed by atoms with van der Waals surface area (Å²) in [7, 11) is 0. The fourth-order valence-electron chi connectivity index (χ4n) is 2.59. The van der Waals surface area contributed by atoms with E-state index in [-0.39, 0.29) is 18.8 Å². The van der Waals surface area contributed by atoms with Gasteiger partial charge in [0.05, 0.1) is 12.1 Å². The van der Waals surface area contributed by atoms with Crippen LogP contribution in [0.1, 0.15) is 16.8 Å². The maximum absolute atomic E-state index is 13.1. The van der Waals surface area contributed by atoms with Gasteiger partial charge in [-0.3, -0.25) is 4.79 Å². The summed E-state index contributed by atoms with van der Waals surface area (Å²) in [6.45, 7) is 0.233. The summed E-state index contributed by atoms with van der Waals surface area (Å²) in [4.78, 5) is 12.3. The molecule has 1 aromatic heterocycles. The van der Waals surface area contributed by atoms with Crippen LogP contribution in [0.25, 0.3) is 5.69 Å². The van der Waals surface area contributed by atoms with Crippen LogP contribution in [0.3, 0.4) is 0 Å². The van der Waals surface area contributed by atoms with E-state index in [1.807, 2.05) is 6.07 Å². The van der Waals surface area contributed by atoms with Gasteiger partial charge >= 0.3 is 6.18 Å². The summed E-state index contributed by atoms with van der Waals surface area (Å²) in [6, 6.07) is 16.4. The number of hydrogen-bond acceptors (Lipinski definition) is 3. The number of nitrogens with one attached hydrogen (secondary N) is 1. The van der Waals surface area contributed by atoms with Crippen molar-refractivity contribution in [1.82, 2.24) is 9.78 Å². The number of hydrogen-bond donors (Lipinski definition) is 2. The zero-order chi connectivity index (χ0) is 19.4. The number of rotatable bonds is 5. The van der Waals surface area contributed by atoms with Crippen molar-refractivity contribution in [3.8, 4) is 5.69 Å². The molecule has 3 N–H and O–H groups in total. The van der Waals surface area contributed by atoms with E-state index in [0.29, 0.717) is 5.69 Å². The Balaban J connectivity index is 1.93. The van der Waals surface area contributed by atoms with Gasteiger partial charge in [-0.2, -0.15) is 18.3 Å². The van der Waals surface area contributed by atoms with E-state index in [4.69, 9.17) is 5.73 Å². The molecule has 1 heterocycles. The van der Waals surface area contributed by atoms with Crippen molar-refractivity contribution in [2.75, 3.05) is 5.32 Å². The molecule has 5 nitrogen and oxygen atoms in total. The summed E-state index contributed by atoms with van der Waals surface area (Å²) >= 11 is 0. The monoisotopic (exact) mass is 374 g/mol. The van der Waals surface area contributed by atoms with Crippen LogP contribution in [0, 0.1) is 0 Å². The molecule has 0 aliphatic carbocycles. The highest BCUT2D eigenvalue weighted by Gasteiger charge is 2.35. The minimum absolute atomic E-state index is 0.0379. The normalized spacial score (nSPS) is 11.4. The van der Waals surface area contributed by atoms with Gasteiger partial charge in [0.25, 0.3) is 0 Å². The van der Waals surface area contributed by atoms with Crippen LogP contribution in [0.4, 0.5) is 19.0 Å². The molecule has 0 saturated heterocycles. The number of benzene rings is 2. The molecular weight excluding hydrogens is 357 g/mol. The highest BCUT2D eigenvalue weighted by Crippen LogP contribution is 2.31. The lowest BCUT2D eigenvalue weighted by atomic mass is 10.1. The maximum atomic E-state index is 13.1. The highest BCUT2D eigenvalue weighted by atomic mass is 19.4. The van der Waals surface area contributed by atoms with Crippen LogP contribution in [0.15, 0.2) is 60.7 Å². The molecular formula is C19H17F3N4O. The fourth-order valence-corrected chi connectivity index (χ4v) is 2.59. The van der Waals surface area contributed by atoms with Crippen molar-refractivity contribution in [2.24, 2.45) is 5.73 Å². The molecule has 0 aliphatic rings. The molecule has 0 radical (unpaired) electrons. The summed E-state index contributed by atoms with van der Waals surface area (Å²) in [5, 5.41) is 6.14. The highest BCUT2D eigenvalue weighted by molar-refractivity contribution is 5.91. The second-order valence-electron chi connectivity index (χ2n) is 5.91. The quantitative estimate of drug-likeness (QED) is 0.718. The Morgan fingerprint density at radius 1 is 1.04 bits per heavy atom. The molecule has 140 valence electrons. The lowest BCUT2D eigenvalue weighted by molar-refractivity contribution is -0.141. The Kier molecular flexibility index (Phi) is 5.27. The van der Waals surface area contributed by atoms with Crippen LogP contribution >= 0.6 is 0 Å². The first-order chi connectivity index (χ1) is 12.9. The number of carbonyl (C=O) groups is 1. The number of halogens is 3. The number of nitrogens with two attached hydrogens (primary N) is 1. The Morgan fingerprint density at radius 3 is 2.41 bits per heavy atom. The smallest absolute Gasteiger partial charge is 0.326 e. The summed E-state index contributed by atoms with van der Waals surface area (Å²) in [5.41, 5.74) is 6.37. The first-order valence-electron chi connectivity index (χ1n) is 8.17. The standard InChI is InChI=1S/C19H17F3N4O/c20-19(21,22)16-11-17(24-18(27)10-13-5-2-1-3-6-13)26(25-16)15-8-4-7-14(9-15)12-23/h1-9,11H,10,12,23H2,(H,24,27). The van der Waals surface area contributed by atoms with Crippen molar-refractivity contribution < 1.29 is 18.0 Å². The number of anilines is 1. The lowest BCUT2D eigenvalue weighted by Crippen LogP contribution is -2.17. The molecule has 0 unspecified atom stereocenters. The van der Waals surface area contributed by atoms with Gasteiger partial charge in [-0.15, -0.1) is 0 Å². The zero-order valence-electron chi connectivity index (χ0n) is 14.2. The number of aromatic nitrogens is 2. The van der Waals surface area contributed by atoms with Crippen LogP contribution in [0.2, 0.25) is 0 Å². The average molecular weight is 374 g/mol. The molecule has 1 amide bonds. The Hall–Kier alpha value is -3.13.